The molecule has 0 saturated carbocycles. The Hall–Kier alpha value is -2.81. The van der Waals surface area contributed by atoms with E-state index in [0.29, 0.717) is 36.2 Å². The summed E-state index contributed by atoms with van der Waals surface area (Å²) >= 11 is 3.49. The van der Waals surface area contributed by atoms with E-state index in [2.05, 4.69) is 58.6 Å². The molecule has 3 aromatic rings. The van der Waals surface area contributed by atoms with Crippen molar-refractivity contribution < 1.29 is 9.66 Å². The van der Waals surface area contributed by atoms with Crippen LogP contribution in [0.25, 0.3) is 10.9 Å². The molecule has 0 saturated heterocycles. The van der Waals surface area contributed by atoms with Crippen LogP contribution in [0.15, 0.2) is 41.3 Å². The monoisotopic (exact) mass is 473 g/mol. The molecule has 0 fully saturated rings. The van der Waals surface area contributed by atoms with Crippen LogP contribution in [0, 0.1) is 22.0 Å². The van der Waals surface area contributed by atoms with E-state index in [1.165, 1.54) is 6.33 Å². The minimum atomic E-state index is -0.479. The summed E-state index contributed by atoms with van der Waals surface area (Å²) in [7, 11) is 0. The number of nitrogens with zero attached hydrogens (tertiary/aromatic N) is 5. The fraction of sp³-hybridized carbons (Fsp3) is 0.381. The zero-order valence-electron chi connectivity index (χ0n) is 17.4. The normalized spacial score (nSPS) is 11.3. The third-order valence-corrected chi connectivity index (χ3v) is 5.00. The van der Waals surface area contributed by atoms with Crippen LogP contribution in [0.5, 0.6) is 11.6 Å². The molecule has 0 aliphatic carbocycles. The van der Waals surface area contributed by atoms with E-state index < -0.39 is 4.92 Å². The molecule has 8 nitrogen and oxygen atoms in total. The lowest BCUT2D eigenvalue weighted by Gasteiger charge is -2.27. The smallest absolute Gasteiger partial charge is 0.373 e. The second kappa shape index (κ2) is 9.34. The van der Waals surface area contributed by atoms with E-state index in [-0.39, 0.29) is 17.4 Å². The van der Waals surface area contributed by atoms with Crippen molar-refractivity contribution in [1.29, 1.82) is 0 Å². The zero-order valence-corrected chi connectivity index (χ0v) is 19.0. The fourth-order valence-corrected chi connectivity index (χ4v) is 3.70. The summed E-state index contributed by atoms with van der Waals surface area (Å²) in [4.78, 5) is 26.2. The molecule has 0 bridgehead atoms. The molecule has 158 valence electrons. The van der Waals surface area contributed by atoms with Crippen molar-refractivity contribution >= 4 is 38.3 Å². The number of fused-ring (bicyclic) bond motifs is 1. The molecule has 0 atom stereocenters. The Balaban J connectivity index is 2.10. The topological polar surface area (TPSA) is 94.3 Å². The standard InChI is InChI=1S/C21H24BrN5O3/c1-13(2)10-26(11-14(3)4)20-19(27(28)29)21(25-12-24-20)30-17-8-7-16(22)15-6-5-9-23-18(15)17/h5-9,12-14H,10-11H2,1-4H3. The maximum absolute atomic E-state index is 12.0. The van der Waals surface area contributed by atoms with Crippen molar-refractivity contribution in [2.75, 3.05) is 18.0 Å². The number of nitro groups is 1. The molecule has 0 N–H and O–H groups in total. The van der Waals surface area contributed by atoms with Crippen LogP contribution in [0.4, 0.5) is 11.5 Å². The van der Waals surface area contributed by atoms with Gasteiger partial charge in [-0.2, -0.15) is 4.98 Å². The van der Waals surface area contributed by atoms with Crippen molar-refractivity contribution in [1.82, 2.24) is 15.0 Å². The molecular formula is C21H24BrN5O3. The summed E-state index contributed by atoms with van der Waals surface area (Å²) in [5.41, 5.74) is 0.341. The highest BCUT2D eigenvalue weighted by Crippen LogP contribution is 2.39. The van der Waals surface area contributed by atoms with Crippen LogP contribution in [0.3, 0.4) is 0 Å². The Bertz CT molecular complexity index is 1050. The molecule has 0 aliphatic rings. The first-order valence-electron chi connectivity index (χ1n) is 9.73. The number of hydrogen-bond donors (Lipinski definition) is 0. The van der Waals surface area contributed by atoms with Gasteiger partial charge in [-0.1, -0.05) is 49.7 Å². The highest BCUT2D eigenvalue weighted by molar-refractivity contribution is 9.10. The summed E-state index contributed by atoms with van der Waals surface area (Å²) in [6, 6.07) is 7.24. The molecule has 2 aromatic heterocycles. The van der Waals surface area contributed by atoms with Crippen LogP contribution >= 0.6 is 15.9 Å². The van der Waals surface area contributed by atoms with Gasteiger partial charge in [0.2, 0.25) is 5.82 Å². The van der Waals surface area contributed by atoms with Gasteiger partial charge in [-0.15, -0.1) is 0 Å². The predicted molar refractivity (Wildman–Crippen MR) is 120 cm³/mol. The van der Waals surface area contributed by atoms with Gasteiger partial charge in [0.15, 0.2) is 5.75 Å². The number of rotatable bonds is 8. The Kier molecular flexibility index (Phi) is 6.81. The summed E-state index contributed by atoms with van der Waals surface area (Å²) in [5.74, 6) is 1.17. The fourth-order valence-electron chi connectivity index (χ4n) is 3.25. The largest absolute Gasteiger partial charge is 0.431 e. The van der Waals surface area contributed by atoms with E-state index in [4.69, 9.17) is 4.74 Å². The van der Waals surface area contributed by atoms with Crippen LogP contribution in [-0.4, -0.2) is 33.0 Å². The van der Waals surface area contributed by atoms with E-state index in [1.807, 2.05) is 23.1 Å². The van der Waals surface area contributed by atoms with Gasteiger partial charge >= 0.3 is 11.6 Å². The second-order valence-electron chi connectivity index (χ2n) is 7.85. The number of benzene rings is 1. The van der Waals surface area contributed by atoms with Gasteiger partial charge in [0, 0.05) is 29.1 Å². The van der Waals surface area contributed by atoms with Gasteiger partial charge in [0.05, 0.1) is 4.92 Å². The molecule has 1 aromatic carbocycles. The lowest BCUT2D eigenvalue weighted by atomic mass is 10.1. The maximum Gasteiger partial charge on any atom is 0.373 e. The molecule has 0 spiro atoms. The highest BCUT2D eigenvalue weighted by atomic mass is 79.9. The van der Waals surface area contributed by atoms with Gasteiger partial charge in [-0.05, 0) is 30.0 Å². The van der Waals surface area contributed by atoms with Crippen LogP contribution in [0.1, 0.15) is 27.7 Å². The van der Waals surface area contributed by atoms with Crippen molar-refractivity contribution in [3.8, 4) is 11.6 Å². The first kappa shape index (κ1) is 21.9. The van der Waals surface area contributed by atoms with Gasteiger partial charge in [0.1, 0.15) is 11.8 Å². The molecule has 30 heavy (non-hydrogen) atoms. The van der Waals surface area contributed by atoms with Gasteiger partial charge in [0.25, 0.3) is 0 Å². The Morgan fingerprint density at radius 1 is 1.10 bits per heavy atom. The number of anilines is 1. The second-order valence-corrected chi connectivity index (χ2v) is 8.70. The number of aromatic nitrogens is 3. The predicted octanol–water partition coefficient (Wildman–Crippen LogP) is 5.61. The minimum Gasteiger partial charge on any atom is -0.431 e. The molecule has 9 heteroatoms. The van der Waals surface area contributed by atoms with Crippen LogP contribution in [0.2, 0.25) is 0 Å². The van der Waals surface area contributed by atoms with Crippen molar-refractivity contribution in [3.05, 3.63) is 51.4 Å². The number of hydrogen-bond acceptors (Lipinski definition) is 7. The number of ether oxygens (including phenoxy) is 1. The van der Waals surface area contributed by atoms with E-state index >= 15 is 0 Å². The first-order chi connectivity index (χ1) is 14.3. The molecular weight excluding hydrogens is 450 g/mol. The lowest BCUT2D eigenvalue weighted by molar-refractivity contribution is -0.385. The van der Waals surface area contributed by atoms with E-state index in [9.17, 15) is 10.1 Å². The van der Waals surface area contributed by atoms with Gasteiger partial charge in [-0.3, -0.25) is 15.1 Å². The summed E-state index contributed by atoms with van der Waals surface area (Å²) in [6.07, 6.45) is 2.95. The Morgan fingerprint density at radius 3 is 2.43 bits per heavy atom. The minimum absolute atomic E-state index is 0.100. The summed E-state index contributed by atoms with van der Waals surface area (Å²) in [6.45, 7) is 9.54. The average molecular weight is 474 g/mol. The van der Waals surface area contributed by atoms with Crippen molar-refractivity contribution in [2.45, 2.75) is 27.7 Å². The van der Waals surface area contributed by atoms with E-state index in [1.54, 1.807) is 12.3 Å². The molecule has 3 rings (SSSR count). The van der Waals surface area contributed by atoms with Crippen LogP contribution < -0.4 is 9.64 Å². The third-order valence-electron chi connectivity index (χ3n) is 4.31. The number of pyridine rings is 1. The first-order valence-corrected chi connectivity index (χ1v) is 10.5. The molecule has 0 unspecified atom stereocenters. The Labute approximate surface area is 183 Å². The van der Waals surface area contributed by atoms with Crippen molar-refractivity contribution in [2.24, 2.45) is 11.8 Å². The quantitative estimate of drug-likeness (QED) is 0.310. The zero-order chi connectivity index (χ0) is 21.8. The summed E-state index contributed by atoms with van der Waals surface area (Å²) < 4.78 is 6.79. The average Bonchev–Trinajstić information content (AvgIpc) is 2.69. The van der Waals surface area contributed by atoms with Crippen LogP contribution in [-0.2, 0) is 0 Å². The molecule has 2 heterocycles. The van der Waals surface area contributed by atoms with E-state index in [0.717, 1.165) is 9.86 Å². The number of halogens is 1. The SMILES string of the molecule is CC(C)CN(CC(C)C)c1ncnc(Oc2ccc(Br)c3cccnc23)c1[N+](=O)[O-]. The molecule has 0 amide bonds. The molecule has 0 aliphatic heterocycles. The lowest BCUT2D eigenvalue weighted by Crippen LogP contribution is -2.32. The van der Waals surface area contributed by atoms with Gasteiger partial charge in [-0.25, -0.2) is 4.98 Å². The summed E-state index contributed by atoms with van der Waals surface area (Å²) in [5, 5.41) is 12.9. The third kappa shape index (κ3) is 4.84. The van der Waals surface area contributed by atoms with Crippen molar-refractivity contribution in [3.63, 3.8) is 0 Å². The molecule has 0 radical (unpaired) electrons. The van der Waals surface area contributed by atoms with Gasteiger partial charge < -0.3 is 9.64 Å². The highest BCUT2D eigenvalue weighted by Gasteiger charge is 2.30. The maximum atomic E-state index is 12.0. The Morgan fingerprint density at radius 2 is 1.80 bits per heavy atom.